The lowest BCUT2D eigenvalue weighted by molar-refractivity contribution is -0.144. The molecule has 9 rings (SSSR count). The number of hydrogen-bond acceptors (Lipinski definition) is 6. The van der Waals surface area contributed by atoms with Gasteiger partial charge in [0.2, 0.25) is 11.8 Å². The zero-order chi connectivity index (χ0) is 43.6. The first-order valence-electron chi connectivity index (χ1n) is 22.9. The molecule has 2 amide bonds. The van der Waals surface area contributed by atoms with Gasteiger partial charge in [-0.1, -0.05) is 160 Å². The molecule has 5 aromatic carbocycles. The van der Waals surface area contributed by atoms with E-state index in [9.17, 15) is 14.7 Å². The van der Waals surface area contributed by atoms with Gasteiger partial charge < -0.3 is 14.3 Å². The quantitative estimate of drug-likeness (QED) is 0.0551. The SMILES string of the molecule is CC(C)(C)[Si](OCC1=C2[C@@H](CC/C(=C/c3ccc(O)cc3)c3ccccc3)OC[C@@H]2[C@@H]2C(=O)N(C3CCN(Cc4ccccc4)CC3)C(=O)[C@@H]2C1)(c1ccccc1)c1ccccc1. The maximum absolute atomic E-state index is 14.8. The van der Waals surface area contributed by atoms with Gasteiger partial charge in [-0.3, -0.25) is 19.4 Å². The number of rotatable bonds is 13. The Hall–Kier alpha value is -5.38. The number of ether oxygens (including phenoxy) is 1. The highest BCUT2D eigenvalue weighted by Crippen LogP contribution is 2.51. The van der Waals surface area contributed by atoms with Crippen LogP contribution in [-0.4, -0.2) is 73.5 Å². The van der Waals surface area contributed by atoms with Crippen molar-refractivity contribution in [2.24, 2.45) is 17.8 Å². The number of benzene rings is 5. The second-order valence-electron chi connectivity index (χ2n) is 19.0. The van der Waals surface area contributed by atoms with Crippen LogP contribution in [0.5, 0.6) is 5.75 Å². The molecule has 0 bridgehead atoms. The molecular weight excluding hydrogens is 797 g/mol. The van der Waals surface area contributed by atoms with E-state index in [0.29, 0.717) is 19.6 Å². The first-order valence-corrected chi connectivity index (χ1v) is 24.8. The van der Waals surface area contributed by atoms with Crippen molar-refractivity contribution in [3.05, 3.63) is 173 Å². The molecule has 7 nitrogen and oxygen atoms in total. The van der Waals surface area contributed by atoms with E-state index >= 15 is 0 Å². The number of hydrogen-bond donors (Lipinski definition) is 1. The van der Waals surface area contributed by atoms with Crippen molar-refractivity contribution in [2.45, 2.75) is 76.6 Å². The number of phenols is 1. The lowest BCUT2D eigenvalue weighted by atomic mass is 9.69. The molecule has 0 saturated carbocycles. The van der Waals surface area contributed by atoms with Gasteiger partial charge in [0.1, 0.15) is 5.75 Å². The molecule has 8 heteroatoms. The Morgan fingerprint density at radius 3 is 1.95 bits per heavy atom. The Balaban J connectivity index is 1.04. The van der Waals surface area contributed by atoms with Crippen LogP contribution in [0.25, 0.3) is 11.6 Å². The summed E-state index contributed by atoms with van der Waals surface area (Å²) < 4.78 is 14.5. The molecule has 3 aliphatic heterocycles. The summed E-state index contributed by atoms with van der Waals surface area (Å²) in [7, 11) is -2.94. The number of piperidine rings is 1. The van der Waals surface area contributed by atoms with E-state index in [-0.39, 0.29) is 40.7 Å². The average Bonchev–Trinajstić information content (AvgIpc) is 3.84. The molecule has 1 N–H and O–H groups in total. The van der Waals surface area contributed by atoms with Crippen LogP contribution < -0.4 is 10.4 Å². The van der Waals surface area contributed by atoms with Gasteiger partial charge in [-0.25, -0.2) is 0 Å². The molecule has 4 atom stereocenters. The first-order chi connectivity index (χ1) is 30.6. The fraction of sp³-hybridized carbons (Fsp3) is 0.345. The normalized spacial score (nSPS) is 22.4. The molecule has 5 aromatic rings. The number of carbonyl (C=O) groups is 2. The third-order valence-corrected chi connectivity index (χ3v) is 19.1. The van der Waals surface area contributed by atoms with E-state index in [1.807, 2.05) is 24.3 Å². The van der Waals surface area contributed by atoms with Crippen molar-refractivity contribution < 1.29 is 23.9 Å². The number of likely N-dealkylation sites (tertiary alicyclic amines) is 2. The van der Waals surface area contributed by atoms with Gasteiger partial charge in [0, 0.05) is 31.6 Å². The van der Waals surface area contributed by atoms with Gasteiger partial charge in [0.25, 0.3) is 8.32 Å². The second kappa shape index (κ2) is 18.4. The predicted molar refractivity (Wildman–Crippen MR) is 254 cm³/mol. The topological polar surface area (TPSA) is 79.3 Å². The van der Waals surface area contributed by atoms with Gasteiger partial charge in [0.05, 0.1) is 31.2 Å². The van der Waals surface area contributed by atoms with E-state index in [4.69, 9.17) is 9.16 Å². The number of allylic oxidation sites excluding steroid dienone is 1. The Bertz CT molecular complexity index is 2380. The van der Waals surface area contributed by atoms with E-state index in [1.165, 1.54) is 27.1 Å². The summed E-state index contributed by atoms with van der Waals surface area (Å²) in [6, 6.07) is 49.6. The van der Waals surface area contributed by atoms with Crippen LogP contribution in [0.1, 0.15) is 69.6 Å². The zero-order valence-corrected chi connectivity index (χ0v) is 37.9. The van der Waals surface area contributed by atoms with E-state index in [0.717, 1.165) is 62.0 Å². The van der Waals surface area contributed by atoms with Crippen LogP contribution in [0.4, 0.5) is 0 Å². The summed E-state index contributed by atoms with van der Waals surface area (Å²) in [4.78, 5) is 33.8. The molecule has 3 saturated heterocycles. The van der Waals surface area contributed by atoms with Crippen LogP contribution in [0.2, 0.25) is 5.04 Å². The summed E-state index contributed by atoms with van der Waals surface area (Å²) in [5, 5.41) is 12.2. The number of phenolic OH excluding ortho intramolecular Hbond substituents is 1. The van der Waals surface area contributed by atoms with Crippen molar-refractivity contribution in [3.8, 4) is 5.75 Å². The Labute approximate surface area is 374 Å². The van der Waals surface area contributed by atoms with E-state index in [2.05, 4.69) is 141 Å². The maximum Gasteiger partial charge on any atom is 0.261 e. The summed E-state index contributed by atoms with van der Waals surface area (Å²) in [6.45, 7) is 10.3. The van der Waals surface area contributed by atoms with E-state index in [1.54, 1.807) is 17.0 Å². The lowest BCUT2D eigenvalue weighted by Gasteiger charge is -2.44. The molecule has 3 heterocycles. The molecule has 0 spiro atoms. The fourth-order valence-electron chi connectivity index (χ4n) is 11.1. The second-order valence-corrected chi connectivity index (χ2v) is 23.3. The Kier molecular flexibility index (Phi) is 12.5. The third-order valence-electron chi connectivity index (χ3n) is 14.1. The Morgan fingerprint density at radius 2 is 1.35 bits per heavy atom. The number of nitrogens with zero attached hydrogens (tertiary/aromatic N) is 2. The van der Waals surface area contributed by atoms with Crippen molar-refractivity contribution in [1.29, 1.82) is 0 Å². The van der Waals surface area contributed by atoms with Crippen LogP contribution in [0, 0.1) is 17.8 Å². The molecule has 0 aromatic heterocycles. The smallest absolute Gasteiger partial charge is 0.261 e. The minimum absolute atomic E-state index is 0.0117. The molecular formula is C55H60N2O5Si. The van der Waals surface area contributed by atoms with Crippen molar-refractivity contribution in [3.63, 3.8) is 0 Å². The highest BCUT2D eigenvalue weighted by molar-refractivity contribution is 6.99. The molecule has 1 aliphatic carbocycles. The van der Waals surface area contributed by atoms with Gasteiger partial charge >= 0.3 is 0 Å². The maximum atomic E-state index is 14.8. The lowest BCUT2D eigenvalue weighted by Crippen LogP contribution is -2.66. The first kappa shape index (κ1) is 42.9. The van der Waals surface area contributed by atoms with Gasteiger partial charge in [-0.05, 0) is 93.1 Å². The van der Waals surface area contributed by atoms with Crippen LogP contribution >= 0.6 is 0 Å². The number of amides is 2. The van der Waals surface area contributed by atoms with Gasteiger partial charge in [0.15, 0.2) is 0 Å². The predicted octanol–water partition coefficient (Wildman–Crippen LogP) is 9.27. The molecule has 4 aliphatic rings. The van der Waals surface area contributed by atoms with Crippen LogP contribution in [0.3, 0.4) is 0 Å². The van der Waals surface area contributed by atoms with Crippen molar-refractivity contribution >= 4 is 42.2 Å². The summed E-state index contributed by atoms with van der Waals surface area (Å²) in [6.07, 6.45) is 5.50. The largest absolute Gasteiger partial charge is 0.508 e. The van der Waals surface area contributed by atoms with E-state index < -0.39 is 20.2 Å². The standard InChI is InChI=1S/C55H60N2O5Si/c1-55(2,3)63(46-20-12-6-13-21-46,47-22-14-7-15-23-47)62-37-43-35-48-52(54(60)57(53(48)59)44-30-32-56(33-31-44)36-40-16-8-4-9-17-40)49-38-61-50(51(43)49)29-26-42(41-18-10-5-11-19-41)34-39-24-27-45(58)28-25-39/h4-25,27-28,34,44,48-50,52,58H,26,29-33,35-38H2,1-3H3/b42-34-/t48-,49+,50-,52-/m1/s1. The number of imide groups is 1. The fourth-order valence-corrected chi connectivity index (χ4v) is 15.7. The number of aromatic hydroxyl groups is 1. The zero-order valence-electron chi connectivity index (χ0n) is 36.9. The summed E-state index contributed by atoms with van der Waals surface area (Å²) in [5.74, 6) is -0.836. The van der Waals surface area contributed by atoms with Crippen LogP contribution in [0.15, 0.2) is 157 Å². The monoisotopic (exact) mass is 856 g/mol. The third kappa shape index (κ3) is 8.66. The summed E-state index contributed by atoms with van der Waals surface area (Å²) >= 11 is 0. The number of carbonyl (C=O) groups excluding carboxylic acids is 2. The molecule has 0 unspecified atom stereocenters. The molecule has 0 radical (unpaired) electrons. The van der Waals surface area contributed by atoms with Crippen molar-refractivity contribution in [2.75, 3.05) is 26.3 Å². The Morgan fingerprint density at radius 1 is 0.762 bits per heavy atom. The highest BCUT2D eigenvalue weighted by Gasteiger charge is 2.59. The summed E-state index contributed by atoms with van der Waals surface area (Å²) in [5.41, 5.74) is 6.90. The van der Waals surface area contributed by atoms with Crippen LogP contribution in [-0.2, 0) is 25.3 Å². The minimum atomic E-state index is -2.94. The average molecular weight is 857 g/mol. The van der Waals surface area contributed by atoms with Gasteiger partial charge in [-0.2, -0.15) is 0 Å². The molecule has 63 heavy (non-hydrogen) atoms. The van der Waals surface area contributed by atoms with Crippen molar-refractivity contribution in [1.82, 2.24) is 9.80 Å². The molecule has 3 fully saturated rings. The highest BCUT2D eigenvalue weighted by atomic mass is 28.4. The molecule has 324 valence electrons. The number of fused-ring (bicyclic) bond motifs is 3. The minimum Gasteiger partial charge on any atom is -0.508 e. The van der Waals surface area contributed by atoms with Gasteiger partial charge in [-0.15, -0.1) is 0 Å².